The van der Waals surface area contributed by atoms with Crippen LogP contribution >= 0.6 is 0 Å². The van der Waals surface area contributed by atoms with E-state index in [1.807, 2.05) is 12.1 Å². The van der Waals surface area contributed by atoms with Crippen LogP contribution < -0.4 is 5.32 Å². The number of hydrogen-bond acceptors (Lipinski definition) is 1. The summed E-state index contributed by atoms with van der Waals surface area (Å²) in [5, 5.41) is 3.42. The number of aryl methyl sites for hydroxylation is 2. The molecule has 3 rings (SSSR count). The maximum absolute atomic E-state index is 14.1. The molecule has 1 aliphatic rings. The van der Waals surface area contributed by atoms with E-state index in [9.17, 15) is 4.39 Å². The van der Waals surface area contributed by atoms with E-state index in [0.29, 0.717) is 0 Å². The second kappa shape index (κ2) is 6.40. The quantitative estimate of drug-likeness (QED) is 0.876. The molecule has 0 heterocycles. The Morgan fingerprint density at radius 3 is 2.57 bits per heavy atom. The van der Waals surface area contributed by atoms with Crippen LogP contribution in [0.3, 0.4) is 0 Å². The summed E-state index contributed by atoms with van der Waals surface area (Å²) in [6.45, 7) is 2.88. The number of halogens is 1. The highest BCUT2D eigenvalue weighted by Gasteiger charge is 2.18. The summed E-state index contributed by atoms with van der Waals surface area (Å²) in [4.78, 5) is 0. The smallest absolute Gasteiger partial charge is 0.128 e. The molecule has 0 fully saturated rings. The lowest BCUT2D eigenvalue weighted by molar-refractivity contribution is 0.558. The predicted octanol–water partition coefficient (Wildman–Crippen LogP) is 4.40. The lowest BCUT2D eigenvalue weighted by Gasteiger charge is -2.23. The minimum Gasteiger partial charge on any atom is -0.306 e. The van der Waals surface area contributed by atoms with E-state index in [-0.39, 0.29) is 11.9 Å². The monoisotopic (exact) mass is 283 g/mol. The molecule has 0 aromatic heterocycles. The van der Waals surface area contributed by atoms with E-state index in [0.717, 1.165) is 18.5 Å². The summed E-state index contributed by atoms with van der Waals surface area (Å²) in [6, 6.07) is 13.7. The van der Waals surface area contributed by atoms with Crippen LogP contribution in [0, 0.1) is 5.82 Å². The third kappa shape index (κ3) is 3.01. The number of fused-ring (bicyclic) bond motifs is 1. The third-order valence-electron chi connectivity index (χ3n) is 4.33. The van der Waals surface area contributed by atoms with Crippen molar-refractivity contribution in [2.45, 2.75) is 38.6 Å². The summed E-state index contributed by atoms with van der Waals surface area (Å²) in [5.74, 6) is -0.138. The first-order chi connectivity index (χ1) is 10.3. The first kappa shape index (κ1) is 14.3. The van der Waals surface area contributed by atoms with Gasteiger partial charge in [0, 0.05) is 5.56 Å². The molecule has 21 heavy (non-hydrogen) atoms. The topological polar surface area (TPSA) is 12.0 Å². The summed E-state index contributed by atoms with van der Waals surface area (Å²) in [7, 11) is 0. The van der Waals surface area contributed by atoms with E-state index < -0.39 is 0 Å². The standard InChI is InChI=1S/C19H22FN/c1-2-21-19(17-9-5-6-10-18(17)20)16-12-11-14-7-3-4-8-15(14)13-16/h5-6,9-13,19,21H,2-4,7-8H2,1H3. The van der Waals surface area contributed by atoms with Crippen LogP contribution in [0.25, 0.3) is 0 Å². The van der Waals surface area contributed by atoms with Crippen LogP contribution in [0.15, 0.2) is 42.5 Å². The van der Waals surface area contributed by atoms with Crippen molar-refractivity contribution in [3.05, 3.63) is 70.5 Å². The maximum Gasteiger partial charge on any atom is 0.128 e. The molecule has 2 heteroatoms. The Labute approximate surface area is 126 Å². The van der Waals surface area contributed by atoms with Crippen molar-refractivity contribution in [2.24, 2.45) is 0 Å². The van der Waals surface area contributed by atoms with Crippen LogP contribution in [0.4, 0.5) is 4.39 Å². The van der Waals surface area contributed by atoms with Gasteiger partial charge in [-0.2, -0.15) is 0 Å². The predicted molar refractivity (Wildman–Crippen MR) is 85.0 cm³/mol. The van der Waals surface area contributed by atoms with Crippen molar-refractivity contribution in [1.82, 2.24) is 5.32 Å². The Balaban J connectivity index is 1.99. The fourth-order valence-electron chi connectivity index (χ4n) is 3.25. The summed E-state index contributed by atoms with van der Waals surface area (Å²) in [6.07, 6.45) is 4.89. The van der Waals surface area contributed by atoms with Gasteiger partial charge in [-0.15, -0.1) is 0 Å². The largest absolute Gasteiger partial charge is 0.306 e. The number of nitrogens with one attached hydrogen (secondary N) is 1. The Morgan fingerprint density at radius 2 is 1.81 bits per heavy atom. The second-order valence-electron chi connectivity index (χ2n) is 5.75. The zero-order valence-corrected chi connectivity index (χ0v) is 12.5. The number of rotatable bonds is 4. The van der Waals surface area contributed by atoms with Gasteiger partial charge < -0.3 is 5.32 Å². The van der Waals surface area contributed by atoms with E-state index in [2.05, 4.69) is 30.4 Å². The SMILES string of the molecule is CCNC(c1ccc2c(c1)CCCC2)c1ccccc1F. The fraction of sp³-hybridized carbons (Fsp3) is 0.368. The van der Waals surface area contributed by atoms with Crippen molar-refractivity contribution >= 4 is 0 Å². The van der Waals surface area contributed by atoms with Crippen molar-refractivity contribution in [3.8, 4) is 0 Å². The molecule has 0 saturated carbocycles. The molecule has 1 N–H and O–H groups in total. The van der Waals surface area contributed by atoms with Gasteiger partial charge in [-0.25, -0.2) is 4.39 Å². The maximum atomic E-state index is 14.1. The summed E-state index contributed by atoms with van der Waals surface area (Å²) < 4.78 is 14.1. The Bertz CT molecular complexity index is 621. The minimum atomic E-state index is -0.138. The van der Waals surface area contributed by atoms with Gasteiger partial charge in [0.25, 0.3) is 0 Å². The average Bonchev–Trinajstić information content (AvgIpc) is 2.53. The zero-order valence-electron chi connectivity index (χ0n) is 12.5. The minimum absolute atomic E-state index is 0.0663. The number of hydrogen-bond donors (Lipinski definition) is 1. The highest BCUT2D eigenvalue weighted by Crippen LogP contribution is 2.29. The highest BCUT2D eigenvalue weighted by molar-refractivity contribution is 5.39. The Kier molecular flexibility index (Phi) is 4.35. The fourth-order valence-corrected chi connectivity index (χ4v) is 3.25. The molecule has 1 atom stereocenters. The average molecular weight is 283 g/mol. The Hall–Kier alpha value is -1.67. The molecule has 0 aliphatic heterocycles. The van der Waals surface area contributed by atoms with Crippen LogP contribution in [-0.4, -0.2) is 6.54 Å². The molecule has 0 radical (unpaired) electrons. The van der Waals surface area contributed by atoms with Gasteiger partial charge in [0.1, 0.15) is 5.82 Å². The molecule has 1 aliphatic carbocycles. The normalized spacial score (nSPS) is 15.5. The molecule has 1 nitrogen and oxygen atoms in total. The summed E-state index contributed by atoms with van der Waals surface area (Å²) in [5.41, 5.74) is 4.81. The molecule has 2 aromatic carbocycles. The van der Waals surface area contributed by atoms with Gasteiger partial charge in [-0.3, -0.25) is 0 Å². The zero-order chi connectivity index (χ0) is 14.7. The van der Waals surface area contributed by atoms with Crippen LogP contribution in [-0.2, 0) is 12.8 Å². The first-order valence-electron chi connectivity index (χ1n) is 7.89. The molecule has 0 spiro atoms. The van der Waals surface area contributed by atoms with Crippen LogP contribution in [0.2, 0.25) is 0 Å². The molecule has 0 bridgehead atoms. The highest BCUT2D eigenvalue weighted by atomic mass is 19.1. The van der Waals surface area contributed by atoms with Crippen molar-refractivity contribution in [1.29, 1.82) is 0 Å². The van der Waals surface area contributed by atoms with Crippen molar-refractivity contribution in [3.63, 3.8) is 0 Å². The van der Waals surface area contributed by atoms with Crippen LogP contribution in [0.5, 0.6) is 0 Å². The van der Waals surface area contributed by atoms with E-state index >= 15 is 0 Å². The molecular formula is C19H22FN. The lowest BCUT2D eigenvalue weighted by Crippen LogP contribution is -2.23. The molecule has 2 aromatic rings. The number of benzene rings is 2. The summed E-state index contributed by atoms with van der Waals surface area (Å²) >= 11 is 0. The third-order valence-corrected chi connectivity index (χ3v) is 4.33. The first-order valence-corrected chi connectivity index (χ1v) is 7.89. The van der Waals surface area contributed by atoms with Gasteiger partial charge in [0.15, 0.2) is 0 Å². The van der Waals surface area contributed by atoms with Gasteiger partial charge in [-0.05, 0) is 55.0 Å². The van der Waals surface area contributed by atoms with Crippen molar-refractivity contribution in [2.75, 3.05) is 6.54 Å². The molecular weight excluding hydrogens is 261 g/mol. The molecule has 110 valence electrons. The molecule has 1 unspecified atom stereocenters. The van der Waals surface area contributed by atoms with Gasteiger partial charge in [0.05, 0.1) is 6.04 Å². The van der Waals surface area contributed by atoms with Gasteiger partial charge in [0.2, 0.25) is 0 Å². The molecule has 0 amide bonds. The molecule has 0 saturated heterocycles. The Morgan fingerprint density at radius 1 is 1.05 bits per heavy atom. The second-order valence-corrected chi connectivity index (χ2v) is 5.75. The van der Waals surface area contributed by atoms with E-state index in [1.54, 1.807) is 6.07 Å². The van der Waals surface area contributed by atoms with Gasteiger partial charge >= 0.3 is 0 Å². The lowest BCUT2D eigenvalue weighted by atomic mass is 9.88. The van der Waals surface area contributed by atoms with Crippen LogP contribution in [0.1, 0.15) is 48.1 Å². The van der Waals surface area contributed by atoms with Gasteiger partial charge in [-0.1, -0.05) is 43.3 Å². The van der Waals surface area contributed by atoms with E-state index in [4.69, 9.17) is 0 Å². The van der Waals surface area contributed by atoms with Crippen molar-refractivity contribution < 1.29 is 4.39 Å². The van der Waals surface area contributed by atoms with E-state index in [1.165, 1.54) is 42.0 Å².